The predicted molar refractivity (Wildman–Crippen MR) is 127 cm³/mol. The second kappa shape index (κ2) is 12.1. The molecule has 0 amide bonds. The quantitative estimate of drug-likeness (QED) is 0.256. The van der Waals surface area contributed by atoms with E-state index in [4.69, 9.17) is 16.6 Å². The summed E-state index contributed by atoms with van der Waals surface area (Å²) in [5, 5.41) is 7.19. The predicted octanol–water partition coefficient (Wildman–Crippen LogP) is 3.65. The molecule has 0 aliphatic carbocycles. The third kappa shape index (κ3) is 7.09. The highest BCUT2D eigenvalue weighted by molar-refractivity contribution is 14.0. The van der Waals surface area contributed by atoms with Crippen LogP contribution in [0, 0.1) is 0 Å². The molecule has 0 unspecified atom stereocenters. The zero-order chi connectivity index (χ0) is 18.9. The number of rotatable bonds is 7. The van der Waals surface area contributed by atoms with E-state index in [-0.39, 0.29) is 24.0 Å². The van der Waals surface area contributed by atoms with Crippen molar-refractivity contribution in [3.63, 3.8) is 0 Å². The minimum Gasteiger partial charge on any atom is -0.357 e. The van der Waals surface area contributed by atoms with Crippen molar-refractivity contribution in [3.05, 3.63) is 52.9 Å². The maximum absolute atomic E-state index is 5.83. The van der Waals surface area contributed by atoms with Crippen molar-refractivity contribution in [3.8, 4) is 0 Å². The Hall–Kier alpha value is -1.61. The second-order valence-corrected chi connectivity index (χ2v) is 6.96. The van der Waals surface area contributed by atoms with Crippen LogP contribution in [0.4, 0.5) is 5.82 Å². The highest BCUT2D eigenvalue weighted by Crippen LogP contribution is 2.18. The highest BCUT2D eigenvalue weighted by atomic mass is 127. The molecule has 0 bridgehead atoms. The first-order valence-electron chi connectivity index (χ1n) is 9.57. The van der Waals surface area contributed by atoms with E-state index in [1.165, 1.54) is 18.4 Å². The number of nitrogens with one attached hydrogen (secondary N) is 2. The standard InChI is InChI=1S/C20H27ClN6.HI/c1-2-22-20(24-10-7-16-5-6-18(21)25-14-16)26-15-17-8-9-23-19(13-17)27-11-3-4-12-27;/h5-6,8-9,13-14H,2-4,7,10-12,15H2,1H3,(H2,22,24,26);1H. The van der Waals surface area contributed by atoms with Crippen molar-refractivity contribution in [1.82, 2.24) is 20.6 Å². The van der Waals surface area contributed by atoms with Crippen LogP contribution in [0.25, 0.3) is 0 Å². The first-order valence-corrected chi connectivity index (χ1v) is 9.95. The number of hydrogen-bond donors (Lipinski definition) is 2. The van der Waals surface area contributed by atoms with Gasteiger partial charge in [0.25, 0.3) is 0 Å². The molecule has 2 N–H and O–H groups in total. The fourth-order valence-corrected chi connectivity index (χ4v) is 3.18. The lowest BCUT2D eigenvalue weighted by Crippen LogP contribution is -2.38. The first kappa shape index (κ1) is 22.7. The number of guanidine groups is 1. The van der Waals surface area contributed by atoms with Crippen molar-refractivity contribution < 1.29 is 0 Å². The summed E-state index contributed by atoms with van der Waals surface area (Å²) in [6.07, 6.45) is 7.06. The SMILES string of the molecule is CCNC(=NCc1ccnc(N2CCCC2)c1)NCCc1ccc(Cl)nc1.I. The number of nitrogens with zero attached hydrogens (tertiary/aromatic N) is 4. The van der Waals surface area contributed by atoms with Gasteiger partial charge in [0.05, 0.1) is 6.54 Å². The lowest BCUT2D eigenvalue weighted by Gasteiger charge is -2.16. The molecule has 1 aliphatic rings. The van der Waals surface area contributed by atoms with Crippen LogP contribution >= 0.6 is 35.6 Å². The summed E-state index contributed by atoms with van der Waals surface area (Å²) < 4.78 is 0. The molecule has 0 saturated carbocycles. The van der Waals surface area contributed by atoms with Crippen molar-refractivity contribution >= 4 is 47.4 Å². The Bertz CT molecular complexity index is 747. The lowest BCUT2D eigenvalue weighted by molar-refractivity contribution is 0.797. The Morgan fingerprint density at radius 1 is 1.14 bits per heavy atom. The van der Waals surface area contributed by atoms with E-state index in [2.05, 4.69) is 38.5 Å². The van der Waals surface area contributed by atoms with Crippen LogP contribution in [-0.2, 0) is 13.0 Å². The van der Waals surface area contributed by atoms with Gasteiger partial charge in [-0.3, -0.25) is 0 Å². The van der Waals surface area contributed by atoms with Crippen LogP contribution in [0.2, 0.25) is 5.15 Å². The van der Waals surface area contributed by atoms with Crippen molar-refractivity contribution in [2.45, 2.75) is 32.7 Å². The van der Waals surface area contributed by atoms with Crippen molar-refractivity contribution in [2.24, 2.45) is 4.99 Å². The van der Waals surface area contributed by atoms with E-state index >= 15 is 0 Å². The van der Waals surface area contributed by atoms with Gasteiger partial charge >= 0.3 is 0 Å². The van der Waals surface area contributed by atoms with Crippen LogP contribution in [0.5, 0.6) is 0 Å². The Kier molecular flexibility index (Phi) is 9.77. The van der Waals surface area contributed by atoms with Gasteiger partial charge in [0.15, 0.2) is 5.96 Å². The molecular weight excluding hydrogens is 487 g/mol. The number of pyridine rings is 2. The van der Waals surface area contributed by atoms with Crippen LogP contribution in [0.15, 0.2) is 41.7 Å². The van der Waals surface area contributed by atoms with Crippen molar-refractivity contribution in [1.29, 1.82) is 0 Å². The van der Waals surface area contributed by atoms with E-state index in [0.717, 1.165) is 49.9 Å². The molecule has 0 radical (unpaired) electrons. The van der Waals surface area contributed by atoms with Crippen molar-refractivity contribution in [2.75, 3.05) is 31.1 Å². The molecule has 1 aliphatic heterocycles. The number of anilines is 1. The van der Waals surface area contributed by atoms with E-state index < -0.39 is 0 Å². The van der Waals surface area contributed by atoms with Crippen LogP contribution in [-0.4, -0.2) is 42.1 Å². The molecule has 3 heterocycles. The maximum atomic E-state index is 5.83. The maximum Gasteiger partial charge on any atom is 0.191 e. The number of hydrogen-bond acceptors (Lipinski definition) is 4. The summed E-state index contributed by atoms with van der Waals surface area (Å²) in [5.74, 6) is 1.88. The topological polar surface area (TPSA) is 65.4 Å². The molecule has 0 spiro atoms. The number of aromatic nitrogens is 2. The third-order valence-electron chi connectivity index (χ3n) is 4.50. The molecule has 6 nitrogen and oxygen atoms in total. The Morgan fingerprint density at radius 3 is 2.68 bits per heavy atom. The minimum absolute atomic E-state index is 0. The molecular formula is C20H28ClIN6. The molecule has 8 heteroatoms. The highest BCUT2D eigenvalue weighted by Gasteiger charge is 2.13. The Labute approximate surface area is 189 Å². The molecule has 0 atom stereocenters. The summed E-state index contributed by atoms with van der Waals surface area (Å²) in [6, 6.07) is 8.00. The lowest BCUT2D eigenvalue weighted by atomic mass is 10.2. The molecule has 1 fully saturated rings. The van der Waals surface area contributed by atoms with Crippen LogP contribution in [0.3, 0.4) is 0 Å². The third-order valence-corrected chi connectivity index (χ3v) is 4.72. The van der Waals surface area contributed by atoms with Gasteiger partial charge in [-0.25, -0.2) is 15.0 Å². The van der Waals surface area contributed by atoms with E-state index in [1.54, 1.807) is 0 Å². The fraction of sp³-hybridized carbons (Fsp3) is 0.450. The smallest absolute Gasteiger partial charge is 0.191 e. The van der Waals surface area contributed by atoms with Gasteiger partial charge in [0.1, 0.15) is 11.0 Å². The van der Waals surface area contributed by atoms with Gasteiger partial charge in [-0.1, -0.05) is 17.7 Å². The zero-order valence-corrected chi connectivity index (χ0v) is 19.3. The zero-order valence-electron chi connectivity index (χ0n) is 16.2. The number of aliphatic imine (C=N–C) groups is 1. The summed E-state index contributed by atoms with van der Waals surface area (Å²) >= 11 is 5.83. The fourth-order valence-electron chi connectivity index (χ4n) is 3.07. The minimum atomic E-state index is 0. The monoisotopic (exact) mass is 514 g/mol. The van der Waals surface area contributed by atoms with Gasteiger partial charge in [0, 0.05) is 38.6 Å². The van der Waals surface area contributed by atoms with Gasteiger partial charge in [-0.15, -0.1) is 24.0 Å². The molecule has 2 aromatic heterocycles. The molecule has 0 aromatic carbocycles. The van der Waals surface area contributed by atoms with E-state index in [1.807, 2.05) is 30.6 Å². The summed E-state index contributed by atoms with van der Waals surface area (Å²) in [6.45, 7) is 6.50. The van der Waals surface area contributed by atoms with Gasteiger partial charge < -0.3 is 15.5 Å². The van der Waals surface area contributed by atoms with E-state index in [0.29, 0.717) is 11.7 Å². The second-order valence-electron chi connectivity index (χ2n) is 6.58. The summed E-state index contributed by atoms with van der Waals surface area (Å²) in [7, 11) is 0. The normalized spacial score (nSPS) is 13.9. The van der Waals surface area contributed by atoms with Gasteiger partial charge in [-0.2, -0.15) is 0 Å². The summed E-state index contributed by atoms with van der Waals surface area (Å²) in [4.78, 5) is 15.7. The summed E-state index contributed by atoms with van der Waals surface area (Å²) in [5.41, 5.74) is 2.32. The van der Waals surface area contributed by atoms with Gasteiger partial charge in [-0.05, 0) is 55.5 Å². The molecule has 2 aromatic rings. The average Bonchev–Trinajstić information content (AvgIpc) is 3.23. The Morgan fingerprint density at radius 2 is 1.96 bits per heavy atom. The van der Waals surface area contributed by atoms with Crippen LogP contribution in [0.1, 0.15) is 30.9 Å². The van der Waals surface area contributed by atoms with Gasteiger partial charge in [0.2, 0.25) is 0 Å². The molecule has 3 rings (SSSR count). The van der Waals surface area contributed by atoms with E-state index in [9.17, 15) is 0 Å². The molecule has 28 heavy (non-hydrogen) atoms. The largest absolute Gasteiger partial charge is 0.357 e. The van der Waals surface area contributed by atoms with Crippen LogP contribution < -0.4 is 15.5 Å². The Balaban J connectivity index is 0.00000280. The first-order chi connectivity index (χ1) is 13.2. The molecule has 152 valence electrons. The number of halogens is 2. The molecule has 1 saturated heterocycles. The average molecular weight is 515 g/mol.